The van der Waals surface area contributed by atoms with Gasteiger partial charge in [-0.1, -0.05) is 12.1 Å². The van der Waals surface area contributed by atoms with Crippen LogP contribution in [0.3, 0.4) is 0 Å². The first-order chi connectivity index (χ1) is 5.34. The molecule has 0 spiro atoms. The third-order valence-electron chi connectivity index (χ3n) is 1.53. The van der Waals surface area contributed by atoms with Crippen molar-refractivity contribution in [3.05, 3.63) is 42.7 Å². The first-order valence-corrected chi connectivity index (χ1v) is 3.61. The number of hydrogen-bond acceptors (Lipinski definition) is 2. The summed E-state index contributed by atoms with van der Waals surface area (Å²) >= 11 is 0. The molecule has 2 nitrogen and oxygen atoms in total. The highest BCUT2D eigenvalue weighted by Crippen LogP contribution is 2.11. The predicted molar refractivity (Wildman–Crippen MR) is 60.5 cm³/mol. The highest BCUT2D eigenvalue weighted by molar-refractivity contribution is 5.85. The fourth-order valence-corrected chi connectivity index (χ4v) is 0.911. The first-order valence-electron chi connectivity index (χ1n) is 3.61. The average Bonchev–Trinajstić information content (AvgIpc) is 2.07. The molecule has 0 saturated carbocycles. The van der Waals surface area contributed by atoms with Gasteiger partial charge in [-0.3, -0.25) is 4.98 Å². The Balaban J connectivity index is 0. The minimum atomic E-state index is 0. The molecule has 1 atom stereocenters. The first kappa shape index (κ1) is 14.9. The van der Waals surface area contributed by atoms with Gasteiger partial charge in [-0.15, -0.1) is 31.4 Å². The Morgan fingerprint density at radius 3 is 2.69 bits per heavy atom. The summed E-state index contributed by atoms with van der Waals surface area (Å²) in [5.74, 6) is 0. The lowest BCUT2D eigenvalue weighted by atomic mass is 10.1. The molecule has 0 radical (unpaired) electrons. The summed E-state index contributed by atoms with van der Waals surface area (Å²) in [7, 11) is 0. The van der Waals surface area contributed by atoms with E-state index >= 15 is 0 Å². The zero-order valence-electron chi connectivity index (χ0n) is 7.22. The van der Waals surface area contributed by atoms with Crippen LogP contribution in [0.25, 0.3) is 0 Å². The van der Waals surface area contributed by atoms with Crippen LogP contribution in [0.2, 0.25) is 0 Å². The van der Waals surface area contributed by atoms with E-state index in [0.717, 1.165) is 12.0 Å². The highest BCUT2D eigenvalue weighted by atomic mass is 35.5. The van der Waals surface area contributed by atoms with Gasteiger partial charge in [0.05, 0.1) is 0 Å². The second-order valence-electron chi connectivity index (χ2n) is 2.42. The van der Waals surface area contributed by atoms with E-state index in [2.05, 4.69) is 11.6 Å². The van der Waals surface area contributed by atoms with Gasteiger partial charge < -0.3 is 5.73 Å². The SMILES string of the molecule is C=CC[C@@H](N)c1cccnc1.Cl.Cl. The van der Waals surface area contributed by atoms with Gasteiger partial charge in [0.25, 0.3) is 0 Å². The monoisotopic (exact) mass is 220 g/mol. The molecule has 1 aromatic heterocycles. The summed E-state index contributed by atoms with van der Waals surface area (Å²) in [6, 6.07) is 3.90. The van der Waals surface area contributed by atoms with Crippen LogP contribution < -0.4 is 5.73 Å². The van der Waals surface area contributed by atoms with Crippen molar-refractivity contribution in [1.29, 1.82) is 0 Å². The Hall–Kier alpha value is -0.570. The lowest BCUT2D eigenvalue weighted by molar-refractivity contribution is 0.737. The zero-order chi connectivity index (χ0) is 8.10. The molecule has 0 bridgehead atoms. The maximum Gasteiger partial charge on any atom is 0.0345 e. The Kier molecular flexibility index (Phi) is 9.24. The van der Waals surface area contributed by atoms with Crippen molar-refractivity contribution in [2.24, 2.45) is 5.73 Å². The molecule has 0 aliphatic rings. The van der Waals surface area contributed by atoms with E-state index in [1.807, 2.05) is 18.2 Å². The maximum atomic E-state index is 5.79. The number of halogens is 2. The van der Waals surface area contributed by atoms with Crippen LogP contribution in [0.15, 0.2) is 37.2 Å². The molecule has 0 fully saturated rings. The Bertz CT molecular complexity index is 226. The molecule has 0 unspecified atom stereocenters. The maximum absolute atomic E-state index is 5.79. The van der Waals surface area contributed by atoms with Gasteiger partial charge in [0.15, 0.2) is 0 Å². The second-order valence-corrected chi connectivity index (χ2v) is 2.42. The summed E-state index contributed by atoms with van der Waals surface area (Å²) in [6.07, 6.45) is 6.14. The molecule has 2 N–H and O–H groups in total. The van der Waals surface area contributed by atoms with E-state index < -0.39 is 0 Å². The van der Waals surface area contributed by atoms with Crippen LogP contribution in [0.5, 0.6) is 0 Å². The van der Waals surface area contributed by atoms with Crippen LogP contribution in [0.4, 0.5) is 0 Å². The van der Waals surface area contributed by atoms with Gasteiger partial charge in [-0.2, -0.15) is 0 Å². The smallest absolute Gasteiger partial charge is 0.0345 e. The zero-order valence-corrected chi connectivity index (χ0v) is 8.85. The predicted octanol–water partition coefficient (Wildman–Crippen LogP) is 2.50. The minimum absolute atomic E-state index is 0. The van der Waals surface area contributed by atoms with Crippen molar-refractivity contribution in [1.82, 2.24) is 4.98 Å². The van der Waals surface area contributed by atoms with Gasteiger partial charge in [0, 0.05) is 18.4 Å². The average molecular weight is 221 g/mol. The van der Waals surface area contributed by atoms with E-state index in [0.29, 0.717) is 0 Å². The number of rotatable bonds is 3. The molecule has 0 amide bonds. The molecular weight excluding hydrogens is 207 g/mol. The van der Waals surface area contributed by atoms with E-state index in [9.17, 15) is 0 Å². The second kappa shape index (κ2) is 8.05. The number of aromatic nitrogens is 1. The lowest BCUT2D eigenvalue weighted by Crippen LogP contribution is -2.08. The molecule has 0 saturated heterocycles. The molecule has 13 heavy (non-hydrogen) atoms. The Morgan fingerprint density at radius 1 is 1.54 bits per heavy atom. The number of nitrogens with two attached hydrogens (primary N) is 1. The quantitative estimate of drug-likeness (QED) is 0.796. The van der Waals surface area contributed by atoms with Gasteiger partial charge in [0.1, 0.15) is 0 Å². The number of nitrogens with zero attached hydrogens (tertiary/aromatic N) is 1. The van der Waals surface area contributed by atoms with Crippen molar-refractivity contribution in [3.63, 3.8) is 0 Å². The normalized spacial score (nSPS) is 10.5. The Morgan fingerprint density at radius 2 is 2.23 bits per heavy atom. The molecule has 0 aliphatic carbocycles. The topological polar surface area (TPSA) is 38.9 Å². The summed E-state index contributed by atoms with van der Waals surface area (Å²) in [5, 5.41) is 0. The standard InChI is InChI=1S/C9H12N2.2ClH/c1-2-4-9(10)8-5-3-6-11-7-8;;/h2-3,5-7,9H,1,4,10H2;2*1H/t9-;;/m1../s1. The lowest BCUT2D eigenvalue weighted by Gasteiger charge is -2.06. The largest absolute Gasteiger partial charge is 0.324 e. The summed E-state index contributed by atoms with van der Waals surface area (Å²) in [5.41, 5.74) is 6.86. The highest BCUT2D eigenvalue weighted by Gasteiger charge is 2.01. The molecule has 1 heterocycles. The fraction of sp³-hybridized carbons (Fsp3) is 0.222. The number of hydrogen-bond donors (Lipinski definition) is 1. The fourth-order valence-electron chi connectivity index (χ4n) is 0.911. The van der Waals surface area contributed by atoms with Crippen LogP contribution in [-0.4, -0.2) is 4.98 Å². The van der Waals surface area contributed by atoms with Gasteiger partial charge in [-0.05, 0) is 18.1 Å². The number of pyridine rings is 1. The summed E-state index contributed by atoms with van der Waals surface area (Å²) < 4.78 is 0. The van der Waals surface area contributed by atoms with Crippen LogP contribution in [0.1, 0.15) is 18.0 Å². The van der Waals surface area contributed by atoms with E-state index in [4.69, 9.17) is 5.73 Å². The summed E-state index contributed by atoms with van der Waals surface area (Å²) in [6.45, 7) is 3.63. The van der Waals surface area contributed by atoms with Crippen molar-refractivity contribution >= 4 is 24.8 Å². The molecule has 1 rings (SSSR count). The Labute approximate surface area is 91.1 Å². The van der Waals surface area contributed by atoms with E-state index in [-0.39, 0.29) is 30.9 Å². The third kappa shape index (κ3) is 4.88. The molecular formula is C9H14Cl2N2. The molecule has 4 heteroatoms. The van der Waals surface area contributed by atoms with E-state index in [1.54, 1.807) is 12.4 Å². The van der Waals surface area contributed by atoms with Crippen LogP contribution in [-0.2, 0) is 0 Å². The van der Waals surface area contributed by atoms with Crippen molar-refractivity contribution in [2.75, 3.05) is 0 Å². The van der Waals surface area contributed by atoms with Crippen LogP contribution >= 0.6 is 24.8 Å². The minimum Gasteiger partial charge on any atom is -0.324 e. The molecule has 1 aromatic rings. The van der Waals surface area contributed by atoms with Crippen molar-refractivity contribution < 1.29 is 0 Å². The third-order valence-corrected chi connectivity index (χ3v) is 1.53. The van der Waals surface area contributed by atoms with Crippen molar-refractivity contribution in [3.8, 4) is 0 Å². The molecule has 0 aliphatic heterocycles. The molecule has 74 valence electrons. The van der Waals surface area contributed by atoms with Gasteiger partial charge in [-0.25, -0.2) is 0 Å². The van der Waals surface area contributed by atoms with Gasteiger partial charge in [0.2, 0.25) is 0 Å². The summed E-state index contributed by atoms with van der Waals surface area (Å²) in [4.78, 5) is 3.97. The van der Waals surface area contributed by atoms with Crippen LogP contribution in [0, 0.1) is 0 Å². The van der Waals surface area contributed by atoms with E-state index in [1.165, 1.54) is 0 Å². The van der Waals surface area contributed by atoms with Gasteiger partial charge >= 0.3 is 0 Å². The van der Waals surface area contributed by atoms with Crippen molar-refractivity contribution in [2.45, 2.75) is 12.5 Å². The molecule has 0 aromatic carbocycles.